The molecule has 1 fully saturated rings. The molecule has 0 radical (unpaired) electrons. The topological polar surface area (TPSA) is 68.8 Å². The Morgan fingerprint density at radius 1 is 1.30 bits per heavy atom. The third-order valence-corrected chi connectivity index (χ3v) is 4.40. The standard InChI is InChI=1S/C17H24N2O4/c1-11(13-5-4-8-21-13)18-16(20)19-17(2,3)12-6-7-14-15(9-12)23-10-22-14/h6-7,9,11,13H,4-5,8,10H2,1-3H3,(H2,18,19,20)/t11-,13+/m0/s1. The van der Waals surface area contributed by atoms with Gasteiger partial charge in [0.15, 0.2) is 11.5 Å². The van der Waals surface area contributed by atoms with E-state index in [4.69, 9.17) is 14.2 Å². The van der Waals surface area contributed by atoms with Crippen molar-refractivity contribution in [3.63, 3.8) is 0 Å². The van der Waals surface area contributed by atoms with Gasteiger partial charge in [-0.15, -0.1) is 0 Å². The second kappa shape index (κ2) is 6.28. The molecule has 1 aromatic carbocycles. The van der Waals surface area contributed by atoms with E-state index in [9.17, 15) is 4.79 Å². The molecule has 2 aliphatic heterocycles. The van der Waals surface area contributed by atoms with Gasteiger partial charge in [-0.25, -0.2) is 4.79 Å². The largest absolute Gasteiger partial charge is 0.454 e. The molecule has 0 aromatic heterocycles. The van der Waals surface area contributed by atoms with E-state index in [1.165, 1.54) is 0 Å². The number of ether oxygens (including phenoxy) is 3. The van der Waals surface area contributed by atoms with E-state index in [-0.39, 0.29) is 25.0 Å². The Balaban J connectivity index is 1.62. The maximum absolute atomic E-state index is 12.3. The SMILES string of the molecule is C[C@H](NC(=O)NC(C)(C)c1ccc2c(c1)OCO2)[C@H]1CCCO1. The number of hydrogen-bond donors (Lipinski definition) is 2. The molecule has 0 unspecified atom stereocenters. The molecule has 0 aliphatic carbocycles. The zero-order valence-corrected chi connectivity index (χ0v) is 13.8. The Hall–Kier alpha value is -1.95. The molecule has 0 spiro atoms. The molecular weight excluding hydrogens is 296 g/mol. The van der Waals surface area contributed by atoms with Crippen LogP contribution in [0.15, 0.2) is 18.2 Å². The molecule has 23 heavy (non-hydrogen) atoms. The predicted molar refractivity (Wildman–Crippen MR) is 85.7 cm³/mol. The smallest absolute Gasteiger partial charge is 0.315 e. The third-order valence-electron chi connectivity index (χ3n) is 4.40. The van der Waals surface area contributed by atoms with E-state index < -0.39 is 5.54 Å². The van der Waals surface area contributed by atoms with Crippen molar-refractivity contribution in [3.8, 4) is 11.5 Å². The monoisotopic (exact) mass is 320 g/mol. The van der Waals surface area contributed by atoms with Gasteiger partial charge in [-0.2, -0.15) is 0 Å². The molecule has 1 aromatic rings. The molecule has 2 atom stereocenters. The maximum atomic E-state index is 12.3. The molecule has 126 valence electrons. The van der Waals surface area contributed by atoms with Crippen LogP contribution in [0, 0.1) is 0 Å². The molecule has 2 aliphatic rings. The van der Waals surface area contributed by atoms with E-state index in [0.717, 1.165) is 30.8 Å². The Morgan fingerprint density at radius 3 is 2.83 bits per heavy atom. The Labute approximate surface area is 136 Å². The lowest BCUT2D eigenvalue weighted by atomic mass is 9.94. The molecular formula is C17H24N2O4. The zero-order chi connectivity index (χ0) is 16.4. The first-order valence-electron chi connectivity index (χ1n) is 8.06. The first-order valence-corrected chi connectivity index (χ1v) is 8.06. The van der Waals surface area contributed by atoms with Crippen LogP contribution in [0.3, 0.4) is 0 Å². The molecule has 2 heterocycles. The first kappa shape index (κ1) is 15.9. The highest BCUT2D eigenvalue weighted by molar-refractivity contribution is 5.75. The molecule has 6 heteroatoms. The molecule has 2 amide bonds. The van der Waals surface area contributed by atoms with Crippen molar-refractivity contribution in [2.75, 3.05) is 13.4 Å². The van der Waals surface area contributed by atoms with Gasteiger partial charge in [0.1, 0.15) is 0 Å². The molecule has 0 bridgehead atoms. The Morgan fingerprint density at radius 2 is 2.09 bits per heavy atom. The number of urea groups is 1. The third kappa shape index (κ3) is 3.52. The minimum atomic E-state index is -0.526. The van der Waals surface area contributed by atoms with E-state index in [2.05, 4.69) is 10.6 Å². The minimum absolute atomic E-state index is 0.00921. The van der Waals surface area contributed by atoms with Gasteiger partial charge in [-0.3, -0.25) is 0 Å². The maximum Gasteiger partial charge on any atom is 0.315 e. The van der Waals surface area contributed by atoms with Crippen molar-refractivity contribution < 1.29 is 19.0 Å². The van der Waals surface area contributed by atoms with E-state index in [1.807, 2.05) is 39.0 Å². The highest BCUT2D eigenvalue weighted by Crippen LogP contribution is 2.35. The fourth-order valence-corrected chi connectivity index (χ4v) is 2.97. The summed E-state index contributed by atoms with van der Waals surface area (Å²) in [4.78, 5) is 12.3. The molecule has 0 saturated carbocycles. The second-order valence-corrected chi connectivity index (χ2v) is 6.63. The van der Waals surface area contributed by atoms with Crippen molar-refractivity contribution in [3.05, 3.63) is 23.8 Å². The number of carbonyl (C=O) groups excluding carboxylic acids is 1. The summed E-state index contributed by atoms with van der Waals surface area (Å²) in [6.45, 7) is 6.91. The fraction of sp³-hybridized carbons (Fsp3) is 0.588. The van der Waals surface area contributed by atoms with E-state index in [0.29, 0.717) is 5.75 Å². The fourth-order valence-electron chi connectivity index (χ4n) is 2.97. The summed E-state index contributed by atoms with van der Waals surface area (Å²) in [5, 5.41) is 5.99. The predicted octanol–water partition coefficient (Wildman–Crippen LogP) is 2.52. The summed E-state index contributed by atoms with van der Waals surface area (Å²) in [6, 6.07) is 5.51. The Bertz CT molecular complexity index is 582. The van der Waals surface area contributed by atoms with Crippen LogP contribution in [-0.2, 0) is 10.3 Å². The second-order valence-electron chi connectivity index (χ2n) is 6.63. The van der Waals surface area contributed by atoms with Crippen LogP contribution < -0.4 is 20.1 Å². The van der Waals surface area contributed by atoms with Gasteiger partial charge in [0.25, 0.3) is 0 Å². The number of rotatable bonds is 4. The molecule has 2 N–H and O–H groups in total. The lowest BCUT2D eigenvalue weighted by molar-refractivity contribution is 0.0855. The zero-order valence-electron chi connectivity index (χ0n) is 13.8. The van der Waals surface area contributed by atoms with Gasteiger partial charge in [0.2, 0.25) is 6.79 Å². The van der Waals surface area contributed by atoms with Gasteiger partial charge >= 0.3 is 6.03 Å². The highest BCUT2D eigenvalue weighted by atomic mass is 16.7. The lowest BCUT2D eigenvalue weighted by Gasteiger charge is -2.29. The minimum Gasteiger partial charge on any atom is -0.454 e. The van der Waals surface area contributed by atoms with Crippen LogP contribution in [0.25, 0.3) is 0 Å². The highest BCUT2D eigenvalue weighted by Gasteiger charge is 2.28. The van der Waals surface area contributed by atoms with Crippen LogP contribution in [0.5, 0.6) is 11.5 Å². The van der Waals surface area contributed by atoms with Crippen molar-refractivity contribution in [1.29, 1.82) is 0 Å². The van der Waals surface area contributed by atoms with Gasteiger partial charge in [-0.05, 0) is 51.3 Å². The lowest BCUT2D eigenvalue weighted by Crippen LogP contribution is -2.51. The van der Waals surface area contributed by atoms with Crippen LogP contribution in [0.1, 0.15) is 39.2 Å². The number of nitrogens with one attached hydrogen (secondary N) is 2. The van der Waals surface area contributed by atoms with Crippen molar-refractivity contribution in [2.24, 2.45) is 0 Å². The quantitative estimate of drug-likeness (QED) is 0.894. The van der Waals surface area contributed by atoms with Crippen LogP contribution in [-0.4, -0.2) is 31.6 Å². The van der Waals surface area contributed by atoms with E-state index in [1.54, 1.807) is 0 Å². The Kier molecular flexibility index (Phi) is 4.35. The summed E-state index contributed by atoms with van der Waals surface area (Å²) in [6.07, 6.45) is 2.16. The van der Waals surface area contributed by atoms with Gasteiger partial charge in [0, 0.05) is 6.61 Å². The summed E-state index contributed by atoms with van der Waals surface area (Å²) in [5.41, 5.74) is 0.433. The summed E-state index contributed by atoms with van der Waals surface area (Å²) >= 11 is 0. The number of amides is 2. The number of benzene rings is 1. The molecule has 3 rings (SSSR count). The summed E-state index contributed by atoms with van der Waals surface area (Å²) < 4.78 is 16.3. The van der Waals surface area contributed by atoms with E-state index >= 15 is 0 Å². The van der Waals surface area contributed by atoms with Crippen LogP contribution in [0.4, 0.5) is 4.79 Å². The average Bonchev–Trinajstić information content (AvgIpc) is 3.17. The molecule has 6 nitrogen and oxygen atoms in total. The van der Waals surface area contributed by atoms with Gasteiger partial charge < -0.3 is 24.8 Å². The average molecular weight is 320 g/mol. The first-order chi connectivity index (χ1) is 11.0. The van der Waals surface area contributed by atoms with Gasteiger partial charge in [-0.1, -0.05) is 6.07 Å². The van der Waals surface area contributed by atoms with Crippen molar-refractivity contribution in [1.82, 2.24) is 10.6 Å². The van der Waals surface area contributed by atoms with Crippen LogP contribution >= 0.6 is 0 Å². The number of fused-ring (bicyclic) bond motifs is 1. The number of carbonyl (C=O) groups is 1. The normalized spacial score (nSPS) is 21.1. The van der Waals surface area contributed by atoms with Crippen LogP contribution in [0.2, 0.25) is 0 Å². The summed E-state index contributed by atoms with van der Waals surface area (Å²) in [5.74, 6) is 1.45. The molecule has 1 saturated heterocycles. The van der Waals surface area contributed by atoms with Gasteiger partial charge in [0.05, 0.1) is 17.7 Å². The summed E-state index contributed by atoms with van der Waals surface area (Å²) in [7, 11) is 0. The van der Waals surface area contributed by atoms with Crippen molar-refractivity contribution in [2.45, 2.75) is 51.3 Å². The van der Waals surface area contributed by atoms with Crippen molar-refractivity contribution >= 4 is 6.03 Å². The number of hydrogen-bond acceptors (Lipinski definition) is 4.